The number of amides is 2. The second kappa shape index (κ2) is 10.1. The summed E-state index contributed by atoms with van der Waals surface area (Å²) in [5, 5.41) is 7.57. The van der Waals surface area contributed by atoms with E-state index in [2.05, 4.69) is 0 Å². The molecule has 6 nitrogen and oxygen atoms in total. The first kappa shape index (κ1) is 22.8. The Hall–Kier alpha value is -4.97. The van der Waals surface area contributed by atoms with E-state index in [1.807, 2.05) is 85.8 Å². The van der Waals surface area contributed by atoms with Crippen molar-refractivity contribution in [2.24, 2.45) is 0 Å². The Bertz CT molecular complexity index is 1420. The highest BCUT2D eigenvalue weighted by Crippen LogP contribution is 2.30. The monoisotopic (exact) mass is 472 g/mol. The third-order valence-electron chi connectivity index (χ3n) is 5.72. The molecule has 176 valence electrons. The average molecular weight is 473 g/mol. The Morgan fingerprint density at radius 1 is 0.639 bits per heavy atom. The molecule has 0 saturated carbocycles. The van der Waals surface area contributed by atoms with Gasteiger partial charge in [-0.05, 0) is 55.5 Å². The zero-order valence-electron chi connectivity index (χ0n) is 19.7. The number of aromatic nitrogens is 2. The van der Waals surface area contributed by atoms with Gasteiger partial charge in [0.05, 0.1) is 11.4 Å². The average Bonchev–Trinajstić information content (AvgIpc) is 3.33. The number of carbonyl (C=O) groups excluding carboxylic acids is 2. The molecule has 0 aliphatic carbocycles. The van der Waals surface area contributed by atoms with E-state index in [1.54, 1.807) is 58.2 Å². The van der Waals surface area contributed by atoms with Gasteiger partial charge in [-0.1, -0.05) is 72.8 Å². The van der Waals surface area contributed by atoms with Crippen LogP contribution in [0.25, 0.3) is 5.69 Å². The molecule has 5 aromatic rings. The number of hydrazine groups is 1. The van der Waals surface area contributed by atoms with E-state index in [0.717, 1.165) is 16.4 Å². The molecule has 4 aromatic carbocycles. The van der Waals surface area contributed by atoms with Crippen LogP contribution in [0.15, 0.2) is 127 Å². The quantitative estimate of drug-likeness (QED) is 0.218. The van der Waals surface area contributed by atoms with Crippen LogP contribution in [-0.4, -0.2) is 26.6 Å². The van der Waals surface area contributed by atoms with Gasteiger partial charge in [-0.25, -0.2) is 9.69 Å². The molecule has 1 heterocycles. The van der Waals surface area contributed by atoms with Gasteiger partial charge in [0.1, 0.15) is 0 Å². The summed E-state index contributed by atoms with van der Waals surface area (Å²) in [6.45, 7) is 1.94. The third kappa shape index (κ3) is 4.52. The Labute approximate surface area is 209 Å². The second-order valence-electron chi connectivity index (χ2n) is 8.19. The third-order valence-corrected chi connectivity index (χ3v) is 5.72. The first-order valence-corrected chi connectivity index (χ1v) is 11.6. The first-order chi connectivity index (χ1) is 17.6. The van der Waals surface area contributed by atoms with E-state index in [-0.39, 0.29) is 0 Å². The maximum atomic E-state index is 13.9. The summed E-state index contributed by atoms with van der Waals surface area (Å²) in [7, 11) is 0. The van der Waals surface area contributed by atoms with Crippen LogP contribution in [0.2, 0.25) is 0 Å². The molecule has 5 rings (SSSR count). The lowest BCUT2D eigenvalue weighted by molar-refractivity contribution is 0.0614. The molecule has 0 aliphatic rings. The predicted molar refractivity (Wildman–Crippen MR) is 140 cm³/mol. The van der Waals surface area contributed by atoms with E-state index in [1.165, 1.54) is 0 Å². The van der Waals surface area contributed by atoms with Gasteiger partial charge in [0, 0.05) is 22.9 Å². The summed E-state index contributed by atoms with van der Waals surface area (Å²) in [5.41, 5.74) is 3.15. The molecule has 1 aromatic heterocycles. The number of aryl methyl sites for hydroxylation is 1. The van der Waals surface area contributed by atoms with Crippen LogP contribution in [0.4, 0.5) is 11.5 Å². The van der Waals surface area contributed by atoms with Gasteiger partial charge >= 0.3 is 0 Å². The lowest BCUT2D eigenvalue weighted by atomic mass is 10.1. The fourth-order valence-corrected chi connectivity index (χ4v) is 3.99. The number of imide groups is 1. The fraction of sp³-hybridized carbons (Fsp3) is 0.0333. The lowest BCUT2D eigenvalue weighted by Gasteiger charge is -2.33. The highest BCUT2D eigenvalue weighted by atomic mass is 16.2. The molecule has 0 radical (unpaired) electrons. The van der Waals surface area contributed by atoms with E-state index >= 15 is 0 Å². The van der Waals surface area contributed by atoms with Crippen molar-refractivity contribution in [3.8, 4) is 5.69 Å². The number of rotatable bonds is 6. The molecule has 0 saturated heterocycles. The van der Waals surface area contributed by atoms with Crippen LogP contribution in [0.3, 0.4) is 0 Å². The molecular weight excluding hydrogens is 448 g/mol. The van der Waals surface area contributed by atoms with Crippen LogP contribution < -0.4 is 5.01 Å². The smallest absolute Gasteiger partial charge is 0.267 e. The highest BCUT2D eigenvalue weighted by molar-refractivity contribution is 6.12. The molecule has 0 bridgehead atoms. The zero-order chi connectivity index (χ0) is 24.9. The normalized spacial score (nSPS) is 10.6. The number of anilines is 2. The van der Waals surface area contributed by atoms with Gasteiger partial charge in [-0.15, -0.1) is 5.10 Å². The summed E-state index contributed by atoms with van der Waals surface area (Å²) in [6.07, 6.45) is 0. The summed E-state index contributed by atoms with van der Waals surface area (Å²) in [6, 6.07) is 38.5. The van der Waals surface area contributed by atoms with E-state index in [4.69, 9.17) is 5.10 Å². The first-order valence-electron chi connectivity index (χ1n) is 11.6. The minimum atomic E-state index is -0.458. The van der Waals surface area contributed by atoms with Crippen LogP contribution >= 0.6 is 0 Å². The van der Waals surface area contributed by atoms with Gasteiger partial charge in [0.15, 0.2) is 5.82 Å². The van der Waals surface area contributed by atoms with Crippen molar-refractivity contribution in [2.75, 3.05) is 5.01 Å². The Morgan fingerprint density at radius 2 is 1.08 bits per heavy atom. The molecule has 0 N–H and O–H groups in total. The maximum absolute atomic E-state index is 13.9. The topological polar surface area (TPSA) is 58.4 Å². The largest absolute Gasteiger partial charge is 0.280 e. The summed E-state index contributed by atoms with van der Waals surface area (Å²) < 4.78 is 1.80. The number of hydrogen-bond donors (Lipinski definition) is 0. The van der Waals surface area contributed by atoms with Crippen molar-refractivity contribution in [3.63, 3.8) is 0 Å². The summed E-state index contributed by atoms with van der Waals surface area (Å²) in [4.78, 5) is 27.9. The second-order valence-corrected chi connectivity index (χ2v) is 8.19. The van der Waals surface area contributed by atoms with Gasteiger partial charge in [-0.2, -0.15) is 5.01 Å². The lowest BCUT2D eigenvalue weighted by Crippen LogP contribution is -2.48. The molecule has 0 unspecified atom stereocenters. The van der Waals surface area contributed by atoms with Crippen molar-refractivity contribution < 1.29 is 9.59 Å². The number of hydrogen-bond acceptors (Lipinski definition) is 4. The maximum Gasteiger partial charge on any atom is 0.280 e. The van der Waals surface area contributed by atoms with Crippen LogP contribution in [0.5, 0.6) is 0 Å². The number of nitrogens with zero attached hydrogens (tertiary/aromatic N) is 4. The fourth-order valence-electron chi connectivity index (χ4n) is 3.99. The Kier molecular flexibility index (Phi) is 6.40. The molecule has 0 atom stereocenters. The molecule has 0 aliphatic heterocycles. The summed E-state index contributed by atoms with van der Waals surface area (Å²) in [5.74, 6) is -0.475. The molecule has 0 spiro atoms. The Balaban J connectivity index is 1.70. The molecule has 2 amide bonds. The van der Waals surface area contributed by atoms with Crippen LogP contribution in [0.1, 0.15) is 26.4 Å². The van der Waals surface area contributed by atoms with Crippen LogP contribution in [-0.2, 0) is 0 Å². The van der Waals surface area contributed by atoms with E-state index in [9.17, 15) is 9.59 Å². The number of carbonyl (C=O) groups is 2. The highest BCUT2D eigenvalue weighted by Gasteiger charge is 2.33. The van der Waals surface area contributed by atoms with Crippen molar-refractivity contribution in [1.29, 1.82) is 0 Å². The number of benzene rings is 4. The van der Waals surface area contributed by atoms with Crippen molar-refractivity contribution in [3.05, 3.63) is 144 Å². The van der Waals surface area contributed by atoms with Crippen molar-refractivity contribution in [2.45, 2.75) is 6.92 Å². The van der Waals surface area contributed by atoms with E-state index < -0.39 is 11.8 Å². The zero-order valence-corrected chi connectivity index (χ0v) is 19.7. The van der Waals surface area contributed by atoms with Crippen molar-refractivity contribution in [1.82, 2.24) is 14.8 Å². The minimum absolute atomic E-state index is 0.391. The number of para-hydroxylation sites is 2. The van der Waals surface area contributed by atoms with Gasteiger partial charge in [0.25, 0.3) is 11.8 Å². The SMILES string of the molecule is Cc1cc(N(c2ccccc2)N(C(=O)c2ccccc2)C(=O)c2ccccc2)nn1-c1ccccc1. The predicted octanol–water partition coefficient (Wildman–Crippen LogP) is 6.22. The van der Waals surface area contributed by atoms with Gasteiger partial charge in [-0.3, -0.25) is 9.59 Å². The molecule has 36 heavy (non-hydrogen) atoms. The van der Waals surface area contributed by atoms with Crippen LogP contribution in [0, 0.1) is 6.92 Å². The summed E-state index contributed by atoms with van der Waals surface area (Å²) >= 11 is 0. The van der Waals surface area contributed by atoms with Gasteiger partial charge < -0.3 is 0 Å². The standard InChI is InChI=1S/C30H24N4O2/c1-23-22-28(31-32(23)26-18-10-4-11-19-26)33(27-20-12-5-13-21-27)34(29(35)24-14-6-2-7-15-24)30(36)25-16-8-3-9-17-25/h2-22H,1H3. The van der Waals surface area contributed by atoms with E-state index in [0.29, 0.717) is 22.6 Å². The van der Waals surface area contributed by atoms with Gasteiger partial charge in [0.2, 0.25) is 0 Å². The molecule has 6 heteroatoms. The minimum Gasteiger partial charge on any atom is -0.267 e. The molecule has 0 fully saturated rings. The van der Waals surface area contributed by atoms with Crippen molar-refractivity contribution >= 4 is 23.3 Å². The molecular formula is C30H24N4O2. The Morgan fingerprint density at radius 3 is 1.58 bits per heavy atom.